The van der Waals surface area contributed by atoms with Crippen LogP contribution in [-0.2, 0) is 6.42 Å². The van der Waals surface area contributed by atoms with E-state index in [-0.39, 0.29) is 6.04 Å². The summed E-state index contributed by atoms with van der Waals surface area (Å²) in [6.07, 6.45) is 3.47. The summed E-state index contributed by atoms with van der Waals surface area (Å²) >= 11 is 0. The van der Waals surface area contributed by atoms with E-state index in [1.165, 1.54) is 18.3 Å². The Hall–Kier alpha value is -1.94. The zero-order chi connectivity index (χ0) is 13.9. The molecule has 20 heavy (non-hydrogen) atoms. The van der Waals surface area contributed by atoms with E-state index < -0.39 is 0 Å². The summed E-state index contributed by atoms with van der Waals surface area (Å²) in [4.78, 5) is 8.28. The van der Waals surface area contributed by atoms with Gasteiger partial charge in [-0.15, -0.1) is 0 Å². The number of hydrogen-bond acceptors (Lipinski definition) is 4. The maximum atomic E-state index is 6.33. The minimum atomic E-state index is 0.139. The summed E-state index contributed by atoms with van der Waals surface area (Å²) in [6.45, 7) is 0. The highest BCUT2D eigenvalue weighted by Crippen LogP contribution is 2.49. The van der Waals surface area contributed by atoms with Crippen LogP contribution in [0.25, 0.3) is 0 Å². The highest BCUT2D eigenvalue weighted by molar-refractivity contribution is 5.27. The first-order valence-corrected chi connectivity index (χ1v) is 6.93. The van der Waals surface area contributed by atoms with E-state index in [2.05, 4.69) is 34.2 Å². The van der Waals surface area contributed by atoms with Crippen LogP contribution in [0.5, 0.6) is 5.88 Å². The smallest absolute Gasteiger partial charge is 0.216 e. The van der Waals surface area contributed by atoms with Gasteiger partial charge in [-0.1, -0.05) is 30.3 Å². The van der Waals surface area contributed by atoms with Gasteiger partial charge in [0.1, 0.15) is 6.33 Å². The van der Waals surface area contributed by atoms with Crippen molar-refractivity contribution in [2.24, 2.45) is 11.7 Å². The molecule has 0 amide bonds. The third kappa shape index (κ3) is 2.80. The van der Waals surface area contributed by atoms with Crippen LogP contribution in [0, 0.1) is 5.92 Å². The minimum Gasteiger partial charge on any atom is -0.481 e. The Morgan fingerprint density at radius 1 is 1.30 bits per heavy atom. The average Bonchev–Trinajstić information content (AvgIpc) is 3.29. The van der Waals surface area contributed by atoms with E-state index in [0.29, 0.717) is 17.7 Å². The van der Waals surface area contributed by atoms with E-state index in [0.717, 1.165) is 12.1 Å². The summed E-state index contributed by atoms with van der Waals surface area (Å²) in [5.74, 6) is 1.76. The largest absolute Gasteiger partial charge is 0.481 e. The molecule has 3 rings (SSSR count). The molecule has 2 aromatic rings. The first-order valence-electron chi connectivity index (χ1n) is 6.93. The normalized spacial score (nSPS) is 22.3. The van der Waals surface area contributed by atoms with Crippen molar-refractivity contribution in [1.29, 1.82) is 0 Å². The van der Waals surface area contributed by atoms with Crippen LogP contribution in [0.15, 0.2) is 42.7 Å². The molecule has 1 aliphatic carbocycles. The van der Waals surface area contributed by atoms with Gasteiger partial charge in [-0.2, -0.15) is 0 Å². The van der Waals surface area contributed by atoms with Gasteiger partial charge in [-0.25, -0.2) is 9.97 Å². The standard InChI is InChI=1S/C16H19N3O/c1-20-16-8-12(18-10-19-16)7-15(17)14-9-13(14)11-5-3-2-4-6-11/h2-6,8,10,13-15H,7,9,17H2,1H3. The van der Waals surface area contributed by atoms with E-state index in [9.17, 15) is 0 Å². The lowest BCUT2D eigenvalue weighted by Crippen LogP contribution is -2.26. The van der Waals surface area contributed by atoms with E-state index in [4.69, 9.17) is 10.5 Å². The van der Waals surface area contributed by atoms with Crippen LogP contribution in [-0.4, -0.2) is 23.1 Å². The Balaban J connectivity index is 1.62. The molecule has 1 fully saturated rings. The summed E-state index contributed by atoms with van der Waals surface area (Å²) in [6, 6.07) is 12.6. The summed E-state index contributed by atoms with van der Waals surface area (Å²) in [5.41, 5.74) is 8.67. The zero-order valence-electron chi connectivity index (χ0n) is 11.6. The molecule has 1 saturated carbocycles. The number of nitrogens with zero attached hydrogens (tertiary/aromatic N) is 2. The molecular weight excluding hydrogens is 250 g/mol. The molecule has 4 heteroatoms. The topological polar surface area (TPSA) is 61.0 Å². The number of aromatic nitrogens is 2. The molecule has 104 valence electrons. The molecule has 1 aromatic heterocycles. The van der Waals surface area contributed by atoms with Crippen molar-refractivity contribution in [2.45, 2.75) is 24.8 Å². The third-order valence-electron chi connectivity index (χ3n) is 3.97. The number of nitrogens with two attached hydrogens (primary N) is 1. The maximum absolute atomic E-state index is 6.33. The Morgan fingerprint density at radius 2 is 2.10 bits per heavy atom. The van der Waals surface area contributed by atoms with Gasteiger partial charge in [-0.3, -0.25) is 0 Å². The van der Waals surface area contributed by atoms with Gasteiger partial charge >= 0.3 is 0 Å². The molecule has 0 spiro atoms. The first kappa shape index (κ1) is 13.1. The van der Waals surface area contributed by atoms with Gasteiger partial charge in [0.2, 0.25) is 5.88 Å². The predicted octanol–water partition coefficient (Wildman–Crippen LogP) is 2.16. The van der Waals surface area contributed by atoms with Gasteiger partial charge in [0.15, 0.2) is 0 Å². The molecule has 1 aromatic carbocycles. The second-order valence-electron chi connectivity index (χ2n) is 5.34. The fraction of sp³-hybridized carbons (Fsp3) is 0.375. The van der Waals surface area contributed by atoms with Gasteiger partial charge < -0.3 is 10.5 Å². The zero-order valence-corrected chi connectivity index (χ0v) is 11.6. The third-order valence-corrected chi connectivity index (χ3v) is 3.97. The van der Waals surface area contributed by atoms with Crippen molar-refractivity contribution in [2.75, 3.05) is 7.11 Å². The number of ether oxygens (including phenoxy) is 1. The van der Waals surface area contributed by atoms with Gasteiger partial charge in [0, 0.05) is 24.2 Å². The van der Waals surface area contributed by atoms with Crippen molar-refractivity contribution in [3.05, 3.63) is 54.0 Å². The number of hydrogen-bond donors (Lipinski definition) is 1. The maximum Gasteiger partial charge on any atom is 0.216 e. The lowest BCUT2D eigenvalue weighted by Gasteiger charge is -2.11. The number of benzene rings is 1. The molecule has 1 aliphatic rings. The molecule has 0 radical (unpaired) electrons. The lowest BCUT2D eigenvalue weighted by molar-refractivity contribution is 0.395. The molecule has 0 saturated heterocycles. The Morgan fingerprint density at radius 3 is 2.85 bits per heavy atom. The van der Waals surface area contributed by atoms with Crippen LogP contribution in [0.2, 0.25) is 0 Å². The van der Waals surface area contributed by atoms with Gasteiger partial charge in [-0.05, 0) is 23.8 Å². The van der Waals surface area contributed by atoms with Crippen molar-refractivity contribution < 1.29 is 4.74 Å². The highest BCUT2D eigenvalue weighted by Gasteiger charge is 2.42. The van der Waals surface area contributed by atoms with Crippen LogP contribution in [0.1, 0.15) is 23.6 Å². The lowest BCUT2D eigenvalue weighted by atomic mass is 10.0. The van der Waals surface area contributed by atoms with Crippen molar-refractivity contribution in [1.82, 2.24) is 9.97 Å². The molecule has 1 heterocycles. The van der Waals surface area contributed by atoms with E-state index >= 15 is 0 Å². The molecular formula is C16H19N3O. The molecule has 0 aliphatic heterocycles. The predicted molar refractivity (Wildman–Crippen MR) is 77.6 cm³/mol. The Bertz CT molecular complexity index is 573. The quantitative estimate of drug-likeness (QED) is 0.903. The van der Waals surface area contributed by atoms with Crippen molar-refractivity contribution in [3.63, 3.8) is 0 Å². The fourth-order valence-corrected chi connectivity index (χ4v) is 2.76. The molecule has 3 atom stereocenters. The van der Waals surface area contributed by atoms with Crippen LogP contribution >= 0.6 is 0 Å². The first-order chi connectivity index (χ1) is 9.78. The van der Waals surface area contributed by atoms with Gasteiger partial charge in [0.05, 0.1) is 7.11 Å². The minimum absolute atomic E-state index is 0.139. The Kier molecular flexibility index (Phi) is 3.65. The fourth-order valence-electron chi connectivity index (χ4n) is 2.76. The average molecular weight is 269 g/mol. The SMILES string of the molecule is COc1cc(CC(N)C2CC2c2ccccc2)ncn1. The number of rotatable bonds is 5. The highest BCUT2D eigenvalue weighted by atomic mass is 16.5. The van der Waals surface area contributed by atoms with E-state index in [1.54, 1.807) is 7.11 Å². The summed E-state index contributed by atoms with van der Waals surface area (Å²) in [7, 11) is 1.61. The monoisotopic (exact) mass is 269 g/mol. The van der Waals surface area contributed by atoms with Crippen molar-refractivity contribution in [3.8, 4) is 5.88 Å². The molecule has 3 unspecified atom stereocenters. The van der Waals surface area contributed by atoms with Crippen LogP contribution in [0.4, 0.5) is 0 Å². The van der Waals surface area contributed by atoms with Crippen LogP contribution in [0.3, 0.4) is 0 Å². The number of methoxy groups -OCH3 is 1. The molecule has 0 bridgehead atoms. The summed E-state index contributed by atoms with van der Waals surface area (Å²) in [5, 5.41) is 0. The molecule has 2 N–H and O–H groups in total. The van der Waals surface area contributed by atoms with Crippen molar-refractivity contribution >= 4 is 0 Å². The van der Waals surface area contributed by atoms with Gasteiger partial charge in [0.25, 0.3) is 0 Å². The second-order valence-corrected chi connectivity index (χ2v) is 5.34. The van der Waals surface area contributed by atoms with Crippen LogP contribution < -0.4 is 10.5 Å². The second kappa shape index (κ2) is 5.59. The Labute approximate surface area is 119 Å². The molecule has 4 nitrogen and oxygen atoms in total. The van der Waals surface area contributed by atoms with E-state index in [1.807, 2.05) is 12.1 Å². The summed E-state index contributed by atoms with van der Waals surface area (Å²) < 4.78 is 5.11.